The molecule has 4 aromatic carbocycles. The Morgan fingerprint density at radius 3 is 1.86 bits per heavy atom. The van der Waals surface area contributed by atoms with Gasteiger partial charge in [-0.05, 0) is 56.2 Å². The number of nitrogens with one attached hydrogen (secondary N) is 1. The van der Waals surface area contributed by atoms with E-state index in [-0.39, 0.29) is 29.5 Å². The van der Waals surface area contributed by atoms with Crippen LogP contribution in [-0.4, -0.2) is 50.4 Å². The second-order valence-electron chi connectivity index (χ2n) is 11.4. The lowest BCUT2D eigenvalue weighted by Gasteiger charge is -2.35. The van der Waals surface area contributed by atoms with E-state index < -0.39 is 34.1 Å². The van der Waals surface area contributed by atoms with Gasteiger partial charge in [0.25, 0.3) is 10.0 Å². The largest absolute Gasteiger partial charge is 0.495 e. The van der Waals surface area contributed by atoms with Crippen molar-refractivity contribution in [2.24, 2.45) is 0 Å². The molecule has 1 atom stereocenters. The third-order valence-corrected chi connectivity index (χ3v) is 8.70. The Morgan fingerprint density at radius 2 is 1.30 bits per heavy atom. The van der Waals surface area contributed by atoms with Gasteiger partial charge in [-0.2, -0.15) is 0 Å². The summed E-state index contributed by atoms with van der Waals surface area (Å²) in [6.45, 7) is 5.18. The fourth-order valence-corrected chi connectivity index (χ4v) is 6.30. The molecule has 4 aromatic rings. The molecule has 0 fully saturated rings. The van der Waals surface area contributed by atoms with Crippen molar-refractivity contribution in [2.75, 3.05) is 18.0 Å². The maximum absolute atomic E-state index is 14.5. The van der Waals surface area contributed by atoms with E-state index in [1.807, 2.05) is 81.4 Å². The molecule has 0 saturated heterocycles. The minimum atomic E-state index is -4.22. The Morgan fingerprint density at radius 1 is 0.773 bits per heavy atom. The Hall–Kier alpha value is -4.63. The zero-order valence-corrected chi connectivity index (χ0v) is 26.3. The van der Waals surface area contributed by atoms with E-state index in [1.165, 1.54) is 24.1 Å². The van der Waals surface area contributed by atoms with Gasteiger partial charge in [-0.25, -0.2) is 8.42 Å². The fourth-order valence-electron chi connectivity index (χ4n) is 4.86. The molecule has 0 aliphatic rings. The molecule has 0 aromatic heterocycles. The fraction of sp³-hybridized carbons (Fsp3) is 0.257. The van der Waals surface area contributed by atoms with Crippen LogP contribution in [0.4, 0.5) is 5.69 Å². The maximum atomic E-state index is 14.5. The summed E-state index contributed by atoms with van der Waals surface area (Å²) in [5.41, 5.74) is 1.32. The van der Waals surface area contributed by atoms with Crippen LogP contribution in [0, 0.1) is 0 Å². The number of carbonyl (C=O) groups is 2. The lowest BCUT2D eigenvalue weighted by molar-refractivity contribution is -0.140. The van der Waals surface area contributed by atoms with Crippen LogP contribution in [0.15, 0.2) is 120 Å². The van der Waals surface area contributed by atoms with E-state index in [4.69, 9.17) is 4.74 Å². The Bertz CT molecular complexity index is 1640. The van der Waals surface area contributed by atoms with Crippen molar-refractivity contribution in [1.29, 1.82) is 0 Å². The minimum Gasteiger partial charge on any atom is -0.495 e. The van der Waals surface area contributed by atoms with Gasteiger partial charge in [-0.1, -0.05) is 91.0 Å². The standard InChI is InChI=1S/C35H39N3O5S/c1-35(2,3)36-34(40)31(24-27-16-8-5-9-17-27)37(25-28-18-10-6-11-19-28)33(39)26-38(30-22-14-15-23-32(30)43-4)44(41,42)29-20-12-7-13-21-29/h5-23,31H,24-26H2,1-4H3,(H,36,40). The molecule has 44 heavy (non-hydrogen) atoms. The summed E-state index contributed by atoms with van der Waals surface area (Å²) in [4.78, 5) is 29.9. The number of ether oxygens (including phenoxy) is 1. The van der Waals surface area contributed by atoms with Crippen molar-refractivity contribution >= 4 is 27.5 Å². The highest BCUT2D eigenvalue weighted by atomic mass is 32.2. The molecular formula is C35H39N3O5S. The SMILES string of the molecule is COc1ccccc1N(CC(=O)N(Cc1ccccc1)C(Cc1ccccc1)C(=O)NC(C)(C)C)S(=O)(=O)c1ccccc1. The number of carbonyl (C=O) groups excluding carboxylic acids is 2. The summed E-state index contributed by atoms with van der Waals surface area (Å²) in [5.74, 6) is -0.578. The predicted molar refractivity (Wildman–Crippen MR) is 173 cm³/mol. The average Bonchev–Trinajstić information content (AvgIpc) is 3.02. The lowest BCUT2D eigenvalue weighted by atomic mass is 10.0. The molecule has 4 rings (SSSR count). The van der Waals surface area contributed by atoms with E-state index in [9.17, 15) is 18.0 Å². The van der Waals surface area contributed by atoms with Gasteiger partial charge < -0.3 is 15.0 Å². The summed E-state index contributed by atoms with van der Waals surface area (Å²) in [7, 11) is -2.77. The van der Waals surface area contributed by atoms with Crippen LogP contribution in [0.2, 0.25) is 0 Å². The Labute approximate surface area is 260 Å². The predicted octanol–water partition coefficient (Wildman–Crippen LogP) is 5.45. The van der Waals surface area contributed by atoms with Crippen molar-refractivity contribution < 1.29 is 22.7 Å². The summed E-state index contributed by atoms with van der Waals surface area (Å²) in [6, 6.07) is 32.5. The van der Waals surface area contributed by atoms with Crippen LogP contribution in [0.5, 0.6) is 5.75 Å². The smallest absolute Gasteiger partial charge is 0.264 e. The van der Waals surface area contributed by atoms with Gasteiger partial charge in [0.05, 0.1) is 17.7 Å². The Kier molecular flexibility index (Phi) is 10.4. The molecule has 8 nitrogen and oxygen atoms in total. The number of sulfonamides is 1. The summed E-state index contributed by atoms with van der Waals surface area (Å²) >= 11 is 0. The molecule has 2 amide bonds. The van der Waals surface area contributed by atoms with E-state index in [0.717, 1.165) is 15.4 Å². The topological polar surface area (TPSA) is 96.0 Å². The first-order valence-electron chi connectivity index (χ1n) is 14.4. The summed E-state index contributed by atoms with van der Waals surface area (Å²) < 4.78 is 34.8. The summed E-state index contributed by atoms with van der Waals surface area (Å²) in [5, 5.41) is 3.04. The molecule has 0 saturated carbocycles. The van der Waals surface area contributed by atoms with E-state index >= 15 is 0 Å². The van der Waals surface area contributed by atoms with E-state index in [1.54, 1.807) is 42.5 Å². The van der Waals surface area contributed by atoms with Crippen molar-refractivity contribution in [1.82, 2.24) is 10.2 Å². The molecule has 0 heterocycles. The van der Waals surface area contributed by atoms with Crippen molar-refractivity contribution in [3.63, 3.8) is 0 Å². The van der Waals surface area contributed by atoms with Crippen LogP contribution in [0.1, 0.15) is 31.9 Å². The van der Waals surface area contributed by atoms with Gasteiger partial charge in [0.15, 0.2) is 0 Å². The molecule has 0 aliphatic carbocycles. The van der Waals surface area contributed by atoms with Gasteiger partial charge in [-0.15, -0.1) is 0 Å². The molecule has 230 valence electrons. The molecule has 0 radical (unpaired) electrons. The summed E-state index contributed by atoms with van der Waals surface area (Å²) in [6.07, 6.45) is 0.238. The molecule has 1 N–H and O–H groups in total. The highest BCUT2D eigenvalue weighted by Crippen LogP contribution is 2.32. The average molecular weight is 614 g/mol. The lowest BCUT2D eigenvalue weighted by Crippen LogP contribution is -2.56. The van der Waals surface area contributed by atoms with Crippen LogP contribution >= 0.6 is 0 Å². The molecule has 0 spiro atoms. The highest BCUT2D eigenvalue weighted by Gasteiger charge is 2.36. The third-order valence-electron chi connectivity index (χ3n) is 6.93. The monoisotopic (exact) mass is 613 g/mol. The number of rotatable bonds is 12. The van der Waals surface area contributed by atoms with E-state index in [2.05, 4.69) is 5.32 Å². The van der Waals surface area contributed by atoms with Gasteiger partial charge in [0.2, 0.25) is 11.8 Å². The third kappa shape index (κ3) is 8.26. The Balaban J connectivity index is 1.82. The second kappa shape index (κ2) is 14.2. The highest BCUT2D eigenvalue weighted by molar-refractivity contribution is 7.92. The molecule has 1 unspecified atom stereocenters. The van der Waals surface area contributed by atoms with Crippen molar-refractivity contribution in [3.05, 3.63) is 126 Å². The van der Waals surface area contributed by atoms with Crippen LogP contribution in [0.25, 0.3) is 0 Å². The normalized spacial score (nSPS) is 12.2. The molecule has 0 aliphatic heterocycles. The van der Waals surface area contributed by atoms with Gasteiger partial charge in [0.1, 0.15) is 18.3 Å². The number of benzene rings is 4. The van der Waals surface area contributed by atoms with Crippen LogP contribution in [-0.2, 0) is 32.6 Å². The zero-order valence-electron chi connectivity index (χ0n) is 25.5. The molecule has 0 bridgehead atoms. The molecular weight excluding hydrogens is 574 g/mol. The second-order valence-corrected chi connectivity index (χ2v) is 13.3. The van der Waals surface area contributed by atoms with Gasteiger partial charge in [-0.3, -0.25) is 13.9 Å². The number of methoxy groups -OCH3 is 1. The molecule has 9 heteroatoms. The first-order chi connectivity index (χ1) is 21.0. The number of hydrogen-bond donors (Lipinski definition) is 1. The van der Waals surface area contributed by atoms with Crippen molar-refractivity contribution in [3.8, 4) is 5.75 Å². The minimum absolute atomic E-state index is 0.0274. The number of para-hydroxylation sites is 2. The van der Waals surface area contributed by atoms with E-state index in [0.29, 0.717) is 5.75 Å². The van der Waals surface area contributed by atoms with Crippen LogP contribution < -0.4 is 14.4 Å². The number of hydrogen-bond acceptors (Lipinski definition) is 5. The van der Waals surface area contributed by atoms with Crippen molar-refractivity contribution in [2.45, 2.75) is 50.2 Å². The number of amides is 2. The van der Waals surface area contributed by atoms with Gasteiger partial charge >= 0.3 is 0 Å². The zero-order chi connectivity index (χ0) is 31.7. The first kappa shape index (κ1) is 32.3. The maximum Gasteiger partial charge on any atom is 0.264 e. The van der Waals surface area contributed by atoms with Crippen LogP contribution in [0.3, 0.4) is 0 Å². The number of nitrogens with zero attached hydrogens (tertiary/aromatic N) is 2. The van der Waals surface area contributed by atoms with Gasteiger partial charge in [0, 0.05) is 18.5 Å². The first-order valence-corrected chi connectivity index (χ1v) is 15.8. The number of anilines is 1. The quantitative estimate of drug-likeness (QED) is 0.230.